The summed E-state index contributed by atoms with van der Waals surface area (Å²) in [5.74, 6) is 2.95. The summed E-state index contributed by atoms with van der Waals surface area (Å²) >= 11 is 5.31. The van der Waals surface area contributed by atoms with Gasteiger partial charge in [-0.1, -0.05) is 48.5 Å². The lowest BCUT2D eigenvalue weighted by Crippen LogP contribution is -2.31. The minimum atomic E-state index is -0.385. The molecular formula is C27H29BrN4O3S. The number of hydrogen-bond donors (Lipinski definition) is 1. The maximum atomic E-state index is 13.2. The maximum absolute atomic E-state index is 13.2. The average Bonchev–Trinajstić information content (AvgIpc) is 3.24. The van der Waals surface area contributed by atoms with Crippen molar-refractivity contribution in [1.82, 2.24) is 14.8 Å². The number of ketones is 1. The molecule has 1 atom stereocenters. The van der Waals surface area contributed by atoms with E-state index < -0.39 is 0 Å². The predicted octanol–water partition coefficient (Wildman–Crippen LogP) is 6.46. The number of fused-ring (bicyclic) bond motifs is 1. The number of anilines is 1. The van der Waals surface area contributed by atoms with Crippen molar-refractivity contribution in [2.24, 2.45) is 0 Å². The monoisotopic (exact) mass is 568 g/mol. The first kappa shape index (κ1) is 24.9. The highest BCUT2D eigenvalue weighted by molar-refractivity contribution is 9.10. The van der Waals surface area contributed by atoms with Crippen LogP contribution in [0.3, 0.4) is 0 Å². The number of Topliss-reactive ketones (excluding diaryl/α,β-unsaturated/α-hetero) is 1. The second-order valence-electron chi connectivity index (χ2n) is 8.83. The Bertz CT molecular complexity index is 1340. The molecule has 0 fully saturated rings. The van der Waals surface area contributed by atoms with Crippen molar-refractivity contribution in [3.63, 3.8) is 0 Å². The average molecular weight is 570 g/mol. The number of thioether (sulfide) groups is 1. The van der Waals surface area contributed by atoms with Gasteiger partial charge in [0.25, 0.3) is 0 Å². The Morgan fingerprint density at radius 3 is 2.83 bits per heavy atom. The van der Waals surface area contributed by atoms with Gasteiger partial charge in [0.05, 0.1) is 11.1 Å². The molecule has 2 aromatic carbocycles. The van der Waals surface area contributed by atoms with Crippen LogP contribution in [0.1, 0.15) is 55.8 Å². The molecule has 5 rings (SSSR count). The fourth-order valence-corrected chi connectivity index (χ4v) is 5.87. The Kier molecular flexibility index (Phi) is 7.39. The first-order valence-electron chi connectivity index (χ1n) is 12.3. The van der Waals surface area contributed by atoms with E-state index in [9.17, 15) is 4.79 Å². The van der Waals surface area contributed by atoms with Crippen LogP contribution >= 0.6 is 27.7 Å². The second-order valence-corrected chi connectivity index (χ2v) is 10.9. The van der Waals surface area contributed by atoms with Gasteiger partial charge in [-0.15, -0.1) is 5.10 Å². The molecule has 188 valence electrons. The molecule has 7 nitrogen and oxygen atoms in total. The summed E-state index contributed by atoms with van der Waals surface area (Å²) in [6, 6.07) is 11.8. The Balaban J connectivity index is 1.57. The quantitative estimate of drug-likeness (QED) is 0.312. The number of allylic oxidation sites excluding steroid dienone is 2. The van der Waals surface area contributed by atoms with E-state index in [0.717, 1.165) is 45.5 Å². The normalized spacial score (nSPS) is 16.9. The molecule has 3 aromatic rings. The Labute approximate surface area is 223 Å². The molecule has 1 N–H and O–H groups in total. The fraction of sp³-hybridized carbons (Fsp3) is 0.370. The predicted molar refractivity (Wildman–Crippen MR) is 145 cm³/mol. The third kappa shape index (κ3) is 4.91. The summed E-state index contributed by atoms with van der Waals surface area (Å²) in [5.41, 5.74) is 4.87. The molecule has 0 amide bonds. The number of aryl methyl sites for hydroxylation is 1. The molecule has 1 aliphatic heterocycles. The van der Waals surface area contributed by atoms with Crippen LogP contribution in [0.2, 0.25) is 0 Å². The molecule has 2 heterocycles. The summed E-state index contributed by atoms with van der Waals surface area (Å²) in [6.07, 6.45) is 2.19. The number of aromatic nitrogens is 3. The molecule has 2 aliphatic rings. The number of benzene rings is 2. The van der Waals surface area contributed by atoms with E-state index >= 15 is 0 Å². The molecule has 36 heavy (non-hydrogen) atoms. The number of hydrogen-bond acceptors (Lipinski definition) is 7. The first-order chi connectivity index (χ1) is 17.5. The first-order valence-corrected chi connectivity index (χ1v) is 14.0. The van der Waals surface area contributed by atoms with E-state index in [1.807, 2.05) is 35.9 Å². The van der Waals surface area contributed by atoms with Gasteiger partial charge in [-0.3, -0.25) is 4.79 Å². The van der Waals surface area contributed by atoms with Crippen molar-refractivity contribution < 1.29 is 14.3 Å². The van der Waals surface area contributed by atoms with E-state index in [2.05, 4.69) is 47.2 Å². The van der Waals surface area contributed by atoms with Crippen molar-refractivity contribution in [2.45, 2.75) is 57.8 Å². The third-order valence-electron chi connectivity index (χ3n) is 6.24. The Hall–Kier alpha value is -2.78. The molecular weight excluding hydrogens is 540 g/mol. The number of carbonyl (C=O) groups excluding carboxylic acids is 1. The zero-order valence-electron chi connectivity index (χ0n) is 20.6. The van der Waals surface area contributed by atoms with Gasteiger partial charge in [0.2, 0.25) is 11.1 Å². The highest BCUT2D eigenvalue weighted by atomic mass is 79.9. The Morgan fingerprint density at radius 2 is 2.06 bits per heavy atom. The second kappa shape index (κ2) is 10.7. The van der Waals surface area contributed by atoms with Crippen LogP contribution < -0.4 is 14.8 Å². The lowest BCUT2D eigenvalue weighted by molar-refractivity contribution is -0.116. The van der Waals surface area contributed by atoms with E-state index in [-0.39, 0.29) is 11.8 Å². The van der Waals surface area contributed by atoms with Gasteiger partial charge in [0, 0.05) is 17.7 Å². The third-order valence-corrected chi connectivity index (χ3v) is 7.54. The number of halogens is 1. The highest BCUT2D eigenvalue weighted by Gasteiger charge is 2.37. The van der Waals surface area contributed by atoms with Gasteiger partial charge in [0.1, 0.15) is 12.6 Å². The topological polar surface area (TPSA) is 78.3 Å². The van der Waals surface area contributed by atoms with Gasteiger partial charge >= 0.3 is 0 Å². The van der Waals surface area contributed by atoms with Gasteiger partial charge in [-0.2, -0.15) is 4.98 Å². The summed E-state index contributed by atoms with van der Waals surface area (Å²) in [4.78, 5) is 17.9. The molecule has 1 unspecified atom stereocenters. The largest absolute Gasteiger partial charge is 0.490 e. The SMILES string of the molecule is CCOc1cc(C2C3=C(CCCC3=O)Nc3nc(SCC)nn32)cc(Br)c1OCc1cccc(C)c1. The number of nitrogens with one attached hydrogen (secondary N) is 1. The van der Waals surface area contributed by atoms with Gasteiger partial charge in [0.15, 0.2) is 17.3 Å². The van der Waals surface area contributed by atoms with Crippen LogP contribution in [-0.2, 0) is 11.4 Å². The summed E-state index contributed by atoms with van der Waals surface area (Å²) < 4.78 is 14.9. The smallest absolute Gasteiger partial charge is 0.227 e. The molecule has 9 heteroatoms. The summed E-state index contributed by atoms with van der Waals surface area (Å²) in [6.45, 7) is 7.00. The van der Waals surface area contributed by atoms with E-state index in [1.165, 1.54) is 5.56 Å². The van der Waals surface area contributed by atoms with E-state index in [1.54, 1.807) is 11.8 Å². The highest BCUT2D eigenvalue weighted by Crippen LogP contribution is 2.45. The Morgan fingerprint density at radius 1 is 1.19 bits per heavy atom. The molecule has 0 radical (unpaired) electrons. The van der Waals surface area contributed by atoms with Crippen molar-refractivity contribution >= 4 is 39.4 Å². The van der Waals surface area contributed by atoms with Crippen LogP contribution in [0.15, 0.2) is 57.3 Å². The molecule has 0 bridgehead atoms. The van der Waals surface area contributed by atoms with E-state index in [4.69, 9.17) is 19.6 Å². The molecule has 0 saturated heterocycles. The van der Waals surface area contributed by atoms with Crippen molar-refractivity contribution in [3.05, 3.63) is 68.8 Å². The molecule has 1 aliphatic carbocycles. The van der Waals surface area contributed by atoms with Crippen molar-refractivity contribution in [3.8, 4) is 11.5 Å². The van der Waals surface area contributed by atoms with Crippen LogP contribution in [0, 0.1) is 6.92 Å². The van der Waals surface area contributed by atoms with Gasteiger partial charge in [-0.25, -0.2) is 4.68 Å². The lowest BCUT2D eigenvalue weighted by Gasteiger charge is -2.32. The molecule has 0 saturated carbocycles. The minimum Gasteiger partial charge on any atom is -0.490 e. The number of nitrogens with zero attached hydrogens (tertiary/aromatic N) is 3. The number of rotatable bonds is 8. The van der Waals surface area contributed by atoms with E-state index in [0.29, 0.717) is 42.2 Å². The zero-order valence-corrected chi connectivity index (χ0v) is 23.0. The van der Waals surface area contributed by atoms with Crippen molar-refractivity contribution in [1.29, 1.82) is 0 Å². The molecule has 0 spiro atoms. The maximum Gasteiger partial charge on any atom is 0.227 e. The van der Waals surface area contributed by atoms with Gasteiger partial charge < -0.3 is 14.8 Å². The minimum absolute atomic E-state index is 0.147. The summed E-state index contributed by atoms with van der Waals surface area (Å²) in [5, 5.41) is 8.85. The summed E-state index contributed by atoms with van der Waals surface area (Å²) in [7, 11) is 0. The number of carbonyl (C=O) groups is 1. The number of ether oxygens (including phenoxy) is 2. The van der Waals surface area contributed by atoms with Crippen molar-refractivity contribution in [2.75, 3.05) is 17.7 Å². The fourth-order valence-electron chi connectivity index (χ4n) is 4.74. The van der Waals surface area contributed by atoms with Crippen LogP contribution in [0.5, 0.6) is 11.5 Å². The zero-order chi connectivity index (χ0) is 25.2. The van der Waals surface area contributed by atoms with Gasteiger partial charge in [-0.05, 0) is 71.6 Å². The van der Waals surface area contributed by atoms with Crippen LogP contribution in [0.4, 0.5) is 5.95 Å². The van der Waals surface area contributed by atoms with Crippen LogP contribution in [-0.4, -0.2) is 32.9 Å². The lowest BCUT2D eigenvalue weighted by atomic mass is 9.85. The standard InChI is InChI=1S/C27H29BrN4O3S/c1-4-34-22-14-18(13-19(28)25(22)35-15-17-9-6-8-16(3)12-17)24-23-20(10-7-11-21(23)33)29-26-30-27(36-5-2)31-32(24)26/h6,8-9,12-14,24H,4-5,7,10-11,15H2,1-3H3,(H,29,30,31). The van der Waals surface area contributed by atoms with Crippen LogP contribution in [0.25, 0.3) is 0 Å². The molecule has 1 aromatic heterocycles.